The van der Waals surface area contributed by atoms with Gasteiger partial charge in [-0.3, -0.25) is 14.4 Å². The number of ether oxygens (including phenoxy) is 1. The fourth-order valence-electron chi connectivity index (χ4n) is 3.81. The maximum absolute atomic E-state index is 14.6. The van der Waals surface area contributed by atoms with E-state index < -0.39 is 17.9 Å². The number of piperidine rings is 1. The summed E-state index contributed by atoms with van der Waals surface area (Å²) < 4.78 is 36.4. The number of aliphatic hydroxyl groups excluding tert-OH is 1. The molecule has 0 spiro atoms. The SMILES string of the molecule is C[C@@H](C(=O)Nc1ccc(OCC2CC2)cn1)N1CCC(F)(F)[C@@H](c2ccn(CCO)n2)C1. The number of carbonyl (C=O) groups excluding carboxylic acids is 1. The summed E-state index contributed by atoms with van der Waals surface area (Å²) in [5.74, 6) is -2.65. The van der Waals surface area contributed by atoms with Crippen LogP contribution in [-0.4, -0.2) is 68.9 Å². The Kier molecular flexibility index (Phi) is 6.71. The molecule has 0 unspecified atom stereocenters. The number of halogens is 2. The van der Waals surface area contributed by atoms with E-state index in [2.05, 4.69) is 15.4 Å². The van der Waals surface area contributed by atoms with Crippen LogP contribution in [0.4, 0.5) is 14.6 Å². The molecule has 1 aliphatic heterocycles. The standard InChI is InChI=1S/C22H29F2N5O3/c1-15(21(31)26-20-5-4-17(12-25-20)32-14-16-2-3-16)28-9-7-22(23,24)18(13-28)19-6-8-29(27-19)10-11-30/h4-6,8,12,15-16,18,30H,2-3,7,9-11,13-14H2,1H3,(H,25,26,31)/t15-,18+/m0/s1. The van der Waals surface area contributed by atoms with Crippen LogP contribution in [0.3, 0.4) is 0 Å². The minimum Gasteiger partial charge on any atom is -0.492 e. The number of anilines is 1. The summed E-state index contributed by atoms with van der Waals surface area (Å²) in [6.45, 7) is 2.64. The molecular weight excluding hydrogens is 420 g/mol. The minimum atomic E-state index is -2.91. The maximum Gasteiger partial charge on any atom is 0.258 e. The molecule has 2 atom stereocenters. The number of likely N-dealkylation sites (tertiary alicyclic amines) is 1. The van der Waals surface area contributed by atoms with Gasteiger partial charge in [-0.25, -0.2) is 13.8 Å². The highest BCUT2D eigenvalue weighted by atomic mass is 19.3. The number of amides is 1. The molecule has 32 heavy (non-hydrogen) atoms. The molecule has 2 aliphatic rings. The highest BCUT2D eigenvalue weighted by Crippen LogP contribution is 2.40. The number of alkyl halides is 2. The van der Waals surface area contributed by atoms with Crippen molar-refractivity contribution in [2.45, 2.75) is 50.6 Å². The first-order valence-electron chi connectivity index (χ1n) is 11.0. The summed E-state index contributed by atoms with van der Waals surface area (Å²) in [5.41, 5.74) is 0.268. The number of rotatable bonds is 9. The van der Waals surface area contributed by atoms with Crippen molar-refractivity contribution in [3.63, 3.8) is 0 Å². The number of pyridine rings is 1. The number of aromatic nitrogens is 3. The predicted octanol–water partition coefficient (Wildman–Crippen LogP) is 2.51. The van der Waals surface area contributed by atoms with Crippen LogP contribution in [0.2, 0.25) is 0 Å². The lowest BCUT2D eigenvalue weighted by Gasteiger charge is -2.39. The molecule has 1 amide bonds. The van der Waals surface area contributed by atoms with Gasteiger partial charge < -0.3 is 15.2 Å². The van der Waals surface area contributed by atoms with Gasteiger partial charge in [-0.2, -0.15) is 5.10 Å². The number of hydrogen-bond acceptors (Lipinski definition) is 6. The molecule has 2 aromatic rings. The average Bonchev–Trinajstić information content (AvgIpc) is 3.50. The van der Waals surface area contributed by atoms with Crippen LogP contribution in [0.1, 0.15) is 37.8 Å². The van der Waals surface area contributed by atoms with E-state index in [1.165, 1.54) is 17.5 Å². The first-order valence-corrected chi connectivity index (χ1v) is 11.0. The van der Waals surface area contributed by atoms with E-state index in [0.29, 0.717) is 24.1 Å². The van der Waals surface area contributed by atoms with E-state index in [0.717, 1.165) is 0 Å². The largest absolute Gasteiger partial charge is 0.492 e. The molecule has 0 bridgehead atoms. The fourth-order valence-corrected chi connectivity index (χ4v) is 3.81. The van der Waals surface area contributed by atoms with Crippen molar-refractivity contribution in [1.29, 1.82) is 0 Å². The predicted molar refractivity (Wildman–Crippen MR) is 114 cm³/mol. The number of nitrogens with zero attached hydrogens (tertiary/aromatic N) is 4. The van der Waals surface area contributed by atoms with Crippen molar-refractivity contribution >= 4 is 11.7 Å². The van der Waals surface area contributed by atoms with Crippen LogP contribution in [-0.2, 0) is 11.3 Å². The van der Waals surface area contributed by atoms with Crippen LogP contribution in [0.25, 0.3) is 0 Å². The van der Waals surface area contributed by atoms with Crippen LogP contribution in [0.15, 0.2) is 30.6 Å². The van der Waals surface area contributed by atoms with Crippen molar-refractivity contribution in [2.24, 2.45) is 5.92 Å². The normalized spacial score (nSPS) is 21.8. The molecule has 4 rings (SSSR count). The zero-order valence-corrected chi connectivity index (χ0v) is 18.1. The highest BCUT2D eigenvalue weighted by Gasteiger charge is 2.47. The Morgan fingerprint density at radius 3 is 2.88 bits per heavy atom. The molecular formula is C22H29F2N5O3. The van der Waals surface area contributed by atoms with Gasteiger partial charge in [0.1, 0.15) is 11.6 Å². The van der Waals surface area contributed by atoms with Crippen molar-refractivity contribution in [3.05, 3.63) is 36.3 Å². The molecule has 3 heterocycles. The Hall–Kier alpha value is -2.59. The van der Waals surface area contributed by atoms with Gasteiger partial charge in [0.2, 0.25) is 5.91 Å². The first-order chi connectivity index (χ1) is 15.4. The number of nitrogens with one attached hydrogen (secondary N) is 1. The van der Waals surface area contributed by atoms with E-state index in [-0.39, 0.29) is 44.3 Å². The Balaban J connectivity index is 1.36. The summed E-state index contributed by atoms with van der Waals surface area (Å²) in [6.07, 6.45) is 5.21. The highest BCUT2D eigenvalue weighted by molar-refractivity contribution is 5.93. The molecule has 1 saturated heterocycles. The zero-order valence-electron chi connectivity index (χ0n) is 18.1. The molecule has 2 aromatic heterocycles. The molecule has 2 N–H and O–H groups in total. The number of carbonyl (C=O) groups is 1. The van der Waals surface area contributed by atoms with E-state index in [1.54, 1.807) is 42.4 Å². The number of aliphatic hydroxyl groups is 1. The molecule has 0 radical (unpaired) electrons. The van der Waals surface area contributed by atoms with E-state index in [4.69, 9.17) is 9.84 Å². The summed E-state index contributed by atoms with van der Waals surface area (Å²) in [6, 6.07) is 4.38. The van der Waals surface area contributed by atoms with Gasteiger partial charge in [0.25, 0.3) is 5.92 Å². The van der Waals surface area contributed by atoms with Crippen LogP contribution < -0.4 is 10.1 Å². The molecule has 8 nitrogen and oxygen atoms in total. The third kappa shape index (κ3) is 5.42. The van der Waals surface area contributed by atoms with Crippen molar-refractivity contribution < 1.29 is 23.4 Å². The van der Waals surface area contributed by atoms with E-state index >= 15 is 0 Å². The monoisotopic (exact) mass is 449 g/mol. The summed E-state index contributed by atoms with van der Waals surface area (Å²) in [7, 11) is 0. The molecule has 1 aliphatic carbocycles. The lowest BCUT2D eigenvalue weighted by molar-refractivity contribution is -0.125. The van der Waals surface area contributed by atoms with Crippen molar-refractivity contribution in [3.8, 4) is 5.75 Å². The smallest absolute Gasteiger partial charge is 0.258 e. The second-order valence-corrected chi connectivity index (χ2v) is 8.58. The summed E-state index contributed by atoms with van der Waals surface area (Å²) in [5, 5.41) is 16.0. The topological polar surface area (TPSA) is 92.5 Å². The van der Waals surface area contributed by atoms with E-state index in [1.807, 2.05) is 0 Å². The summed E-state index contributed by atoms with van der Waals surface area (Å²) in [4.78, 5) is 18.7. The third-order valence-electron chi connectivity index (χ3n) is 6.10. The third-order valence-corrected chi connectivity index (χ3v) is 6.10. The Bertz CT molecular complexity index is 917. The van der Waals surface area contributed by atoms with Gasteiger partial charge >= 0.3 is 0 Å². The Labute approximate surface area is 185 Å². The second-order valence-electron chi connectivity index (χ2n) is 8.58. The first kappa shape index (κ1) is 22.6. The van der Waals surface area contributed by atoms with Crippen LogP contribution in [0.5, 0.6) is 5.75 Å². The number of hydrogen-bond donors (Lipinski definition) is 2. The van der Waals surface area contributed by atoms with Crippen LogP contribution in [0, 0.1) is 5.92 Å². The second kappa shape index (κ2) is 9.50. The lowest BCUT2D eigenvalue weighted by atomic mass is 9.90. The summed E-state index contributed by atoms with van der Waals surface area (Å²) >= 11 is 0. The van der Waals surface area contributed by atoms with Gasteiger partial charge in [-0.1, -0.05) is 0 Å². The Morgan fingerprint density at radius 2 is 2.19 bits per heavy atom. The van der Waals surface area contributed by atoms with Crippen molar-refractivity contribution in [1.82, 2.24) is 19.7 Å². The minimum absolute atomic E-state index is 0.0130. The molecule has 10 heteroatoms. The van der Waals surface area contributed by atoms with E-state index in [9.17, 15) is 13.6 Å². The molecule has 0 aromatic carbocycles. The molecule has 174 valence electrons. The maximum atomic E-state index is 14.6. The van der Waals surface area contributed by atoms with Crippen molar-refractivity contribution in [2.75, 3.05) is 31.6 Å². The molecule has 1 saturated carbocycles. The van der Waals surface area contributed by atoms with Gasteiger partial charge in [0, 0.05) is 25.7 Å². The molecule has 2 fully saturated rings. The van der Waals surface area contributed by atoms with Gasteiger partial charge in [-0.05, 0) is 43.9 Å². The van der Waals surface area contributed by atoms with Gasteiger partial charge in [0.15, 0.2) is 0 Å². The van der Waals surface area contributed by atoms with Crippen LogP contribution >= 0.6 is 0 Å². The van der Waals surface area contributed by atoms with Gasteiger partial charge in [-0.15, -0.1) is 0 Å². The Morgan fingerprint density at radius 1 is 1.38 bits per heavy atom. The van der Waals surface area contributed by atoms with Gasteiger partial charge in [0.05, 0.1) is 43.6 Å². The lowest BCUT2D eigenvalue weighted by Crippen LogP contribution is -2.52. The quantitative estimate of drug-likeness (QED) is 0.611. The zero-order chi connectivity index (χ0) is 22.7. The fraction of sp³-hybridized carbons (Fsp3) is 0.591. The average molecular weight is 450 g/mol.